The molecular weight excluding hydrogens is 424 g/mol. The van der Waals surface area contributed by atoms with Crippen LogP contribution >= 0.6 is 0 Å². The van der Waals surface area contributed by atoms with E-state index in [1.165, 1.54) is 0 Å². The van der Waals surface area contributed by atoms with Crippen molar-refractivity contribution in [2.24, 2.45) is 0 Å². The molecule has 4 aromatic heterocycles. The summed E-state index contributed by atoms with van der Waals surface area (Å²) in [5, 5.41) is 17.1. The number of benzene rings is 2. The molecule has 162 valence electrons. The minimum absolute atomic E-state index is 0.688. The van der Waals surface area contributed by atoms with Gasteiger partial charge in [-0.2, -0.15) is 0 Å². The van der Waals surface area contributed by atoms with E-state index in [2.05, 4.69) is 20.6 Å². The lowest BCUT2D eigenvalue weighted by Crippen LogP contribution is -1.93. The quantitative estimate of drug-likeness (QED) is 0.387. The van der Waals surface area contributed by atoms with Crippen LogP contribution in [0.5, 0.6) is 0 Å². The summed E-state index contributed by atoms with van der Waals surface area (Å²) in [6.45, 7) is 0. The first-order valence-electron chi connectivity index (χ1n) is 10.7. The smallest absolute Gasteiger partial charge is 0.131 e. The van der Waals surface area contributed by atoms with Crippen molar-refractivity contribution in [3.63, 3.8) is 0 Å². The maximum atomic E-state index is 4.79. The van der Waals surface area contributed by atoms with Gasteiger partial charge in [-0.05, 0) is 48.5 Å². The molecule has 0 atom stereocenters. The van der Waals surface area contributed by atoms with E-state index >= 15 is 0 Å². The summed E-state index contributed by atoms with van der Waals surface area (Å²) in [5.41, 5.74) is 6.18. The van der Waals surface area contributed by atoms with Crippen molar-refractivity contribution < 1.29 is 0 Å². The van der Waals surface area contributed by atoms with Gasteiger partial charge in [0.05, 0.1) is 46.5 Å². The van der Waals surface area contributed by atoms with E-state index in [1.54, 1.807) is 9.36 Å². The number of nitrogens with zero attached hydrogens (tertiary/aromatic N) is 8. The monoisotopic (exact) mass is 442 g/mol. The van der Waals surface area contributed by atoms with Gasteiger partial charge in [-0.25, -0.2) is 19.3 Å². The van der Waals surface area contributed by atoms with Crippen LogP contribution in [0.15, 0.2) is 109 Å². The van der Waals surface area contributed by atoms with Gasteiger partial charge >= 0.3 is 0 Å². The van der Waals surface area contributed by atoms with Crippen molar-refractivity contribution in [1.29, 1.82) is 0 Å². The van der Waals surface area contributed by atoms with E-state index in [-0.39, 0.29) is 0 Å². The third-order valence-corrected chi connectivity index (χ3v) is 5.31. The summed E-state index contributed by atoms with van der Waals surface area (Å²) in [6.07, 6.45) is 3.74. The molecule has 8 heteroatoms. The highest BCUT2D eigenvalue weighted by Gasteiger charge is 2.11. The Hall–Kier alpha value is -4.98. The molecule has 2 aromatic carbocycles. The van der Waals surface area contributed by atoms with Crippen LogP contribution in [-0.2, 0) is 0 Å². The SMILES string of the molecule is c1ccc(-n2cc(-c3cccc(-c4cccc(-c5cn(-c6ccccc6)nn5)n4)n3)nn2)cc1. The second-order valence-electron chi connectivity index (χ2n) is 7.58. The number of hydrogen-bond donors (Lipinski definition) is 0. The summed E-state index contributed by atoms with van der Waals surface area (Å²) in [7, 11) is 0. The van der Waals surface area contributed by atoms with Crippen molar-refractivity contribution in [3.05, 3.63) is 109 Å². The molecule has 6 aromatic rings. The van der Waals surface area contributed by atoms with Crippen molar-refractivity contribution in [3.8, 4) is 45.5 Å². The summed E-state index contributed by atoms with van der Waals surface area (Å²) in [6, 6.07) is 31.3. The highest BCUT2D eigenvalue weighted by molar-refractivity contribution is 5.64. The summed E-state index contributed by atoms with van der Waals surface area (Å²) < 4.78 is 3.47. The fourth-order valence-corrected chi connectivity index (χ4v) is 3.62. The van der Waals surface area contributed by atoms with E-state index in [0.29, 0.717) is 11.4 Å². The molecule has 0 radical (unpaired) electrons. The van der Waals surface area contributed by atoms with Gasteiger partial charge in [0.25, 0.3) is 0 Å². The van der Waals surface area contributed by atoms with E-state index in [9.17, 15) is 0 Å². The molecule has 4 heterocycles. The highest BCUT2D eigenvalue weighted by Crippen LogP contribution is 2.23. The Labute approximate surface area is 195 Å². The van der Waals surface area contributed by atoms with Crippen molar-refractivity contribution >= 4 is 0 Å². The largest absolute Gasteiger partial charge is 0.244 e. The third-order valence-electron chi connectivity index (χ3n) is 5.31. The van der Waals surface area contributed by atoms with Crippen LogP contribution in [0, 0.1) is 0 Å². The lowest BCUT2D eigenvalue weighted by atomic mass is 10.2. The maximum absolute atomic E-state index is 4.79. The summed E-state index contributed by atoms with van der Waals surface area (Å²) >= 11 is 0. The van der Waals surface area contributed by atoms with Crippen molar-refractivity contribution in [1.82, 2.24) is 40.0 Å². The number of pyridine rings is 2. The maximum Gasteiger partial charge on any atom is 0.131 e. The van der Waals surface area contributed by atoms with Gasteiger partial charge in [-0.1, -0.05) is 59.0 Å². The minimum atomic E-state index is 0.688. The van der Waals surface area contributed by atoms with Gasteiger partial charge in [-0.3, -0.25) is 0 Å². The zero-order valence-corrected chi connectivity index (χ0v) is 18.0. The zero-order chi connectivity index (χ0) is 22.7. The van der Waals surface area contributed by atoms with E-state index in [4.69, 9.17) is 9.97 Å². The zero-order valence-electron chi connectivity index (χ0n) is 18.0. The molecular formula is C26H18N8. The second kappa shape index (κ2) is 8.51. The van der Waals surface area contributed by atoms with Crippen molar-refractivity contribution in [2.45, 2.75) is 0 Å². The Morgan fingerprint density at radius 3 is 1.18 bits per heavy atom. The van der Waals surface area contributed by atoms with Crippen molar-refractivity contribution in [2.75, 3.05) is 0 Å². The molecule has 0 fully saturated rings. The van der Waals surface area contributed by atoms with Crippen LogP contribution in [-0.4, -0.2) is 40.0 Å². The Bertz CT molecular complexity index is 1440. The average Bonchev–Trinajstić information content (AvgIpc) is 3.61. The Morgan fingerprint density at radius 1 is 0.382 bits per heavy atom. The minimum Gasteiger partial charge on any atom is -0.244 e. The fourth-order valence-electron chi connectivity index (χ4n) is 3.62. The van der Waals surface area contributed by atoms with Gasteiger partial charge < -0.3 is 0 Å². The van der Waals surface area contributed by atoms with E-state index in [0.717, 1.165) is 34.2 Å². The standard InChI is InChI=1S/C26H18N8/c1-3-9-19(10-4-1)33-17-25(29-31-33)23-15-7-13-21(27-23)22-14-8-16-24(28-22)26-18-34(32-30-26)20-11-5-2-6-12-20/h1-18H. The molecule has 0 aliphatic carbocycles. The molecule has 8 nitrogen and oxygen atoms in total. The van der Waals surface area contributed by atoms with E-state index < -0.39 is 0 Å². The van der Waals surface area contributed by atoms with Crippen LogP contribution in [0.4, 0.5) is 0 Å². The molecule has 6 rings (SSSR count). The molecule has 0 aliphatic rings. The fraction of sp³-hybridized carbons (Fsp3) is 0. The molecule has 0 N–H and O–H groups in total. The molecule has 0 saturated carbocycles. The number of rotatable bonds is 5. The lowest BCUT2D eigenvalue weighted by molar-refractivity contribution is 0.803. The molecule has 34 heavy (non-hydrogen) atoms. The highest BCUT2D eigenvalue weighted by atomic mass is 15.4. The lowest BCUT2D eigenvalue weighted by Gasteiger charge is -2.04. The Morgan fingerprint density at radius 2 is 0.765 bits per heavy atom. The topological polar surface area (TPSA) is 87.2 Å². The first kappa shape index (κ1) is 19.7. The first-order valence-corrected chi connectivity index (χ1v) is 10.7. The third kappa shape index (κ3) is 3.84. The predicted molar refractivity (Wildman–Crippen MR) is 128 cm³/mol. The number of hydrogen-bond acceptors (Lipinski definition) is 6. The predicted octanol–water partition coefficient (Wildman–Crippen LogP) is 4.64. The molecule has 0 amide bonds. The van der Waals surface area contributed by atoms with Gasteiger partial charge in [0.1, 0.15) is 11.4 Å². The van der Waals surface area contributed by atoms with Crippen LogP contribution in [0.1, 0.15) is 0 Å². The van der Waals surface area contributed by atoms with Crippen LogP contribution < -0.4 is 0 Å². The average molecular weight is 442 g/mol. The number of aromatic nitrogens is 8. The number of para-hydroxylation sites is 2. The Balaban J connectivity index is 1.30. The van der Waals surface area contributed by atoms with Crippen LogP contribution in [0.25, 0.3) is 45.5 Å². The van der Waals surface area contributed by atoms with Gasteiger partial charge in [0.2, 0.25) is 0 Å². The first-order chi connectivity index (χ1) is 16.8. The van der Waals surface area contributed by atoms with Gasteiger partial charge in [-0.15, -0.1) is 10.2 Å². The van der Waals surface area contributed by atoms with Crippen LogP contribution in [0.3, 0.4) is 0 Å². The second-order valence-corrected chi connectivity index (χ2v) is 7.58. The van der Waals surface area contributed by atoms with Gasteiger partial charge in [0.15, 0.2) is 0 Å². The molecule has 0 spiro atoms. The summed E-state index contributed by atoms with van der Waals surface area (Å²) in [5.74, 6) is 0. The van der Waals surface area contributed by atoms with Crippen LogP contribution in [0.2, 0.25) is 0 Å². The molecule has 0 unspecified atom stereocenters. The molecule has 0 aliphatic heterocycles. The summed E-state index contributed by atoms with van der Waals surface area (Å²) in [4.78, 5) is 9.58. The molecule has 0 bridgehead atoms. The van der Waals surface area contributed by atoms with E-state index in [1.807, 2.05) is 109 Å². The normalized spacial score (nSPS) is 10.9. The Kier molecular flexibility index (Phi) is 4.93. The van der Waals surface area contributed by atoms with Gasteiger partial charge in [0, 0.05) is 0 Å². The molecule has 0 saturated heterocycles.